The third-order valence-corrected chi connectivity index (χ3v) is 6.65. The Morgan fingerprint density at radius 2 is 1.63 bits per heavy atom. The Morgan fingerprint density at radius 3 is 2.30 bits per heavy atom. The maximum absolute atomic E-state index is 12.8. The highest BCUT2D eigenvalue weighted by Gasteiger charge is 2.22. The lowest BCUT2D eigenvalue weighted by atomic mass is 10.0. The summed E-state index contributed by atoms with van der Waals surface area (Å²) >= 11 is 1.08. The summed E-state index contributed by atoms with van der Waals surface area (Å²) in [5, 5.41) is 0. The largest absolute Gasteiger partial charge is 0.339 e. The molecule has 1 amide bonds. The quantitative estimate of drug-likeness (QED) is 0.592. The molecule has 156 valence electrons. The molecule has 1 aliphatic rings. The van der Waals surface area contributed by atoms with E-state index in [9.17, 15) is 14.4 Å². The molecule has 0 bridgehead atoms. The third-order valence-electron chi connectivity index (χ3n) is 5.71. The van der Waals surface area contributed by atoms with Crippen molar-refractivity contribution in [2.24, 2.45) is 0 Å². The number of hydrogen-bond acceptors (Lipinski definition) is 5. The van der Waals surface area contributed by atoms with Crippen molar-refractivity contribution in [3.63, 3.8) is 0 Å². The number of aryl methyl sites for hydroxylation is 1. The van der Waals surface area contributed by atoms with Crippen molar-refractivity contribution in [3.8, 4) is 0 Å². The van der Waals surface area contributed by atoms with Crippen LogP contribution in [0, 0.1) is 6.92 Å². The maximum atomic E-state index is 12.8. The molecule has 1 aliphatic heterocycles. The zero-order valence-electron chi connectivity index (χ0n) is 17.3. The molecule has 0 atom stereocenters. The fourth-order valence-corrected chi connectivity index (χ4v) is 4.71. The number of hydrogen-bond donors (Lipinski definition) is 0. The van der Waals surface area contributed by atoms with Crippen LogP contribution in [0.1, 0.15) is 28.4 Å². The molecule has 0 saturated carbocycles. The topological polar surface area (TPSA) is 62.6 Å². The molecule has 30 heavy (non-hydrogen) atoms. The molecule has 0 N–H and O–H groups in total. The molecule has 2 aromatic carbocycles. The van der Waals surface area contributed by atoms with Gasteiger partial charge in [0, 0.05) is 37.3 Å². The smallest absolute Gasteiger partial charge is 0.308 e. The van der Waals surface area contributed by atoms with Gasteiger partial charge in [0.2, 0.25) is 5.91 Å². The predicted molar refractivity (Wildman–Crippen MR) is 119 cm³/mol. The number of thiazole rings is 1. The monoisotopic (exact) mass is 423 g/mol. The Morgan fingerprint density at radius 1 is 0.967 bits per heavy atom. The second-order valence-corrected chi connectivity index (χ2v) is 8.64. The second kappa shape index (κ2) is 8.53. The van der Waals surface area contributed by atoms with Crippen LogP contribution in [-0.4, -0.2) is 58.8 Å². The van der Waals surface area contributed by atoms with E-state index in [2.05, 4.69) is 11.8 Å². The zero-order chi connectivity index (χ0) is 21.3. The summed E-state index contributed by atoms with van der Waals surface area (Å²) in [6.45, 7) is 8.24. The van der Waals surface area contributed by atoms with Crippen LogP contribution in [0.4, 0.5) is 0 Å². The summed E-state index contributed by atoms with van der Waals surface area (Å²) < 4.78 is 2.25. The van der Waals surface area contributed by atoms with E-state index in [-0.39, 0.29) is 23.1 Å². The van der Waals surface area contributed by atoms with Crippen LogP contribution in [-0.2, 0) is 11.3 Å². The molecule has 3 aromatic rings. The van der Waals surface area contributed by atoms with Gasteiger partial charge in [-0.25, -0.2) is 0 Å². The minimum atomic E-state index is -0.175. The lowest BCUT2D eigenvalue weighted by Crippen LogP contribution is -2.49. The molecule has 1 saturated heterocycles. The Hall–Kier alpha value is -2.77. The van der Waals surface area contributed by atoms with Gasteiger partial charge in [0.15, 0.2) is 5.78 Å². The van der Waals surface area contributed by atoms with Gasteiger partial charge < -0.3 is 9.80 Å². The van der Waals surface area contributed by atoms with Gasteiger partial charge in [0.05, 0.1) is 10.2 Å². The van der Waals surface area contributed by atoms with Crippen molar-refractivity contribution in [1.29, 1.82) is 0 Å². The number of carbonyl (C=O) groups is 2. The number of likely N-dealkylation sites (N-methyl/N-ethyl adjacent to an activating group) is 1. The maximum Gasteiger partial charge on any atom is 0.308 e. The lowest BCUT2D eigenvalue weighted by molar-refractivity contribution is -0.133. The van der Waals surface area contributed by atoms with Crippen molar-refractivity contribution in [3.05, 3.63) is 68.8 Å². The number of rotatable bonds is 5. The molecular formula is C23H25N3O3S. The van der Waals surface area contributed by atoms with Crippen molar-refractivity contribution in [1.82, 2.24) is 14.4 Å². The van der Waals surface area contributed by atoms with Crippen molar-refractivity contribution < 1.29 is 9.59 Å². The van der Waals surface area contributed by atoms with Crippen LogP contribution in [0.15, 0.2) is 47.3 Å². The first kappa shape index (κ1) is 20.5. The first-order valence-corrected chi connectivity index (χ1v) is 11.0. The molecule has 0 unspecified atom stereocenters. The van der Waals surface area contributed by atoms with Gasteiger partial charge in [-0.15, -0.1) is 0 Å². The highest BCUT2D eigenvalue weighted by atomic mass is 32.1. The number of nitrogens with zero attached hydrogens (tertiary/aromatic N) is 3. The molecular weight excluding hydrogens is 398 g/mol. The summed E-state index contributed by atoms with van der Waals surface area (Å²) in [4.78, 5) is 42.1. The molecule has 7 heteroatoms. The predicted octanol–water partition coefficient (Wildman–Crippen LogP) is 2.77. The van der Waals surface area contributed by atoms with Gasteiger partial charge in [0.1, 0.15) is 6.54 Å². The normalized spacial score (nSPS) is 14.9. The summed E-state index contributed by atoms with van der Waals surface area (Å²) in [6.07, 6.45) is 0. The number of amides is 1. The summed E-state index contributed by atoms with van der Waals surface area (Å²) in [5.74, 6) is -0.110. The van der Waals surface area contributed by atoms with E-state index in [0.29, 0.717) is 29.7 Å². The summed E-state index contributed by atoms with van der Waals surface area (Å²) in [7, 11) is 0. The molecule has 1 fully saturated rings. The highest BCUT2D eigenvalue weighted by molar-refractivity contribution is 7.16. The van der Waals surface area contributed by atoms with E-state index >= 15 is 0 Å². The van der Waals surface area contributed by atoms with Crippen LogP contribution in [0.2, 0.25) is 0 Å². The number of fused-ring (bicyclic) bond motifs is 1. The number of benzene rings is 2. The van der Waals surface area contributed by atoms with Crippen molar-refractivity contribution in [2.75, 3.05) is 32.7 Å². The Bertz CT molecular complexity index is 1140. The van der Waals surface area contributed by atoms with Gasteiger partial charge in [-0.2, -0.15) is 0 Å². The van der Waals surface area contributed by atoms with E-state index in [1.807, 2.05) is 36.1 Å². The van der Waals surface area contributed by atoms with E-state index in [0.717, 1.165) is 41.2 Å². The van der Waals surface area contributed by atoms with Gasteiger partial charge >= 0.3 is 4.87 Å². The van der Waals surface area contributed by atoms with Gasteiger partial charge in [0.25, 0.3) is 0 Å². The highest BCUT2D eigenvalue weighted by Crippen LogP contribution is 2.21. The van der Waals surface area contributed by atoms with Gasteiger partial charge in [-0.1, -0.05) is 48.1 Å². The molecule has 0 radical (unpaired) electrons. The average Bonchev–Trinajstić information content (AvgIpc) is 3.08. The Balaban J connectivity index is 1.55. The number of piperazine rings is 1. The minimum absolute atomic E-state index is 0.0349. The van der Waals surface area contributed by atoms with E-state index in [1.165, 1.54) is 4.57 Å². The van der Waals surface area contributed by atoms with Crippen molar-refractivity contribution >= 4 is 33.2 Å². The minimum Gasteiger partial charge on any atom is -0.339 e. The third kappa shape index (κ3) is 4.08. The second-order valence-electron chi connectivity index (χ2n) is 7.65. The Kier molecular flexibility index (Phi) is 5.83. The summed E-state index contributed by atoms with van der Waals surface area (Å²) in [6, 6.07) is 12.7. The number of aromatic nitrogens is 1. The van der Waals surface area contributed by atoms with E-state index in [4.69, 9.17) is 0 Å². The van der Waals surface area contributed by atoms with Crippen LogP contribution >= 0.6 is 11.3 Å². The molecule has 0 spiro atoms. The Labute approximate surface area is 179 Å². The first-order chi connectivity index (χ1) is 14.5. The lowest BCUT2D eigenvalue weighted by Gasteiger charge is -2.34. The standard InChI is InChI=1S/C23H25N3O3S/c1-3-24-10-12-25(13-11-24)21(27)15-26-19-9-8-18(14-20(19)30-23(26)29)22(28)17-6-4-16(2)5-7-17/h4-9,14H,3,10-13,15H2,1-2H3. The average molecular weight is 424 g/mol. The first-order valence-electron chi connectivity index (χ1n) is 10.2. The molecule has 2 heterocycles. The van der Waals surface area contributed by atoms with Crippen molar-refractivity contribution in [2.45, 2.75) is 20.4 Å². The zero-order valence-corrected chi connectivity index (χ0v) is 18.1. The van der Waals surface area contributed by atoms with Crippen LogP contribution in [0.5, 0.6) is 0 Å². The van der Waals surface area contributed by atoms with Crippen LogP contribution < -0.4 is 4.87 Å². The van der Waals surface area contributed by atoms with Gasteiger partial charge in [-0.3, -0.25) is 19.0 Å². The van der Waals surface area contributed by atoms with Gasteiger partial charge in [-0.05, 0) is 31.7 Å². The SMILES string of the molecule is CCN1CCN(C(=O)Cn2c(=O)sc3cc(C(=O)c4ccc(C)cc4)ccc32)CC1. The fourth-order valence-electron chi connectivity index (χ4n) is 3.78. The number of carbonyl (C=O) groups excluding carboxylic acids is 2. The van der Waals surface area contributed by atoms with E-state index < -0.39 is 0 Å². The number of ketones is 1. The molecule has 4 rings (SSSR count). The van der Waals surface area contributed by atoms with E-state index in [1.54, 1.807) is 18.2 Å². The molecule has 1 aromatic heterocycles. The van der Waals surface area contributed by atoms with Crippen LogP contribution in [0.25, 0.3) is 10.2 Å². The molecule has 6 nitrogen and oxygen atoms in total. The molecule has 0 aliphatic carbocycles. The summed E-state index contributed by atoms with van der Waals surface area (Å²) in [5.41, 5.74) is 2.96. The van der Waals surface area contributed by atoms with Crippen LogP contribution in [0.3, 0.4) is 0 Å². The fraction of sp³-hybridized carbons (Fsp3) is 0.348.